The molecule has 1 heterocycles. The maximum absolute atomic E-state index is 12.9. The topological polar surface area (TPSA) is 133 Å². The van der Waals surface area contributed by atoms with Crippen LogP contribution >= 0.6 is 0 Å². The van der Waals surface area contributed by atoms with Crippen LogP contribution in [0.5, 0.6) is 11.5 Å². The van der Waals surface area contributed by atoms with E-state index in [9.17, 15) is 23.3 Å². The van der Waals surface area contributed by atoms with E-state index < -0.39 is 26.5 Å². The molecule has 0 spiro atoms. The monoisotopic (exact) mass is 419 g/mol. The second-order valence-corrected chi connectivity index (χ2v) is 8.63. The Morgan fingerprint density at radius 1 is 1.03 bits per heavy atom. The van der Waals surface area contributed by atoms with Gasteiger partial charge in [-0.2, -0.15) is 4.31 Å². The number of sulfonamides is 1. The summed E-state index contributed by atoms with van der Waals surface area (Å²) in [5.41, 5.74) is 4.99. The van der Waals surface area contributed by atoms with E-state index in [1.807, 2.05) is 0 Å². The lowest BCUT2D eigenvalue weighted by Crippen LogP contribution is -2.31. The fourth-order valence-corrected chi connectivity index (χ4v) is 4.67. The van der Waals surface area contributed by atoms with Crippen LogP contribution in [0.3, 0.4) is 0 Å². The van der Waals surface area contributed by atoms with E-state index in [1.165, 1.54) is 40.7 Å². The molecule has 29 heavy (non-hydrogen) atoms. The molecule has 0 radical (unpaired) electrons. The summed E-state index contributed by atoms with van der Waals surface area (Å²) in [6.45, 7) is 0.807. The molecule has 3 rings (SSSR count). The van der Waals surface area contributed by atoms with Crippen molar-refractivity contribution in [1.82, 2.24) is 4.31 Å². The third kappa shape index (κ3) is 4.72. The largest absolute Gasteiger partial charge is 0.450 e. The molecule has 2 N–H and O–H groups in total. The van der Waals surface area contributed by atoms with E-state index in [1.54, 1.807) is 0 Å². The Labute approximate surface area is 168 Å². The molecule has 9 nitrogen and oxygen atoms in total. The van der Waals surface area contributed by atoms with Gasteiger partial charge in [0.2, 0.25) is 21.7 Å². The Bertz CT molecular complexity index is 1010. The molecule has 1 fully saturated rings. The summed E-state index contributed by atoms with van der Waals surface area (Å²) in [4.78, 5) is 21.8. The Morgan fingerprint density at radius 2 is 1.66 bits per heavy atom. The Hall–Kier alpha value is -2.98. The molecule has 0 atom stereocenters. The summed E-state index contributed by atoms with van der Waals surface area (Å²) in [6.07, 6.45) is 3.47. The molecular weight excluding hydrogens is 398 g/mol. The molecule has 1 amide bonds. The summed E-state index contributed by atoms with van der Waals surface area (Å²) in [5, 5.41) is 11.5. The van der Waals surface area contributed by atoms with Crippen LogP contribution in [-0.4, -0.2) is 36.6 Å². The van der Waals surface area contributed by atoms with Crippen molar-refractivity contribution >= 4 is 21.6 Å². The lowest BCUT2D eigenvalue weighted by Gasteiger charge is -2.20. The van der Waals surface area contributed by atoms with Gasteiger partial charge < -0.3 is 10.5 Å². The first-order valence-electron chi connectivity index (χ1n) is 9.15. The lowest BCUT2D eigenvalue weighted by molar-refractivity contribution is -0.385. The fraction of sp³-hybridized carbons (Fsp3) is 0.316. The van der Waals surface area contributed by atoms with E-state index >= 15 is 0 Å². The smallest absolute Gasteiger partial charge is 0.312 e. The number of nitro benzene ring substituents is 1. The summed E-state index contributed by atoms with van der Waals surface area (Å²) < 4.78 is 32.7. The predicted molar refractivity (Wildman–Crippen MR) is 105 cm³/mol. The first kappa shape index (κ1) is 20.7. The highest BCUT2D eigenvalue weighted by Crippen LogP contribution is 2.34. The number of hydrogen-bond acceptors (Lipinski definition) is 6. The molecule has 2 aromatic rings. The zero-order valence-corrected chi connectivity index (χ0v) is 16.4. The fourth-order valence-electron chi connectivity index (χ4n) is 3.13. The number of amides is 1. The number of nitro groups is 1. The summed E-state index contributed by atoms with van der Waals surface area (Å²) in [7, 11) is -3.82. The molecule has 0 aliphatic carbocycles. The van der Waals surface area contributed by atoms with Gasteiger partial charge in [-0.25, -0.2) is 8.42 Å². The van der Waals surface area contributed by atoms with Crippen LogP contribution in [-0.2, 0) is 10.0 Å². The van der Waals surface area contributed by atoms with Gasteiger partial charge in [-0.1, -0.05) is 12.8 Å². The quantitative estimate of drug-likeness (QED) is 0.565. The maximum atomic E-state index is 12.9. The SMILES string of the molecule is NC(=O)c1ccc(Oc2ccc(S(=O)(=O)N3CCCCCC3)cc2[N+](=O)[O-])cc1. The van der Waals surface area contributed by atoms with Crippen LogP contribution in [0.25, 0.3) is 0 Å². The van der Waals surface area contributed by atoms with Crippen LogP contribution in [0, 0.1) is 10.1 Å². The number of rotatable bonds is 6. The van der Waals surface area contributed by atoms with Crippen molar-refractivity contribution in [2.24, 2.45) is 5.73 Å². The van der Waals surface area contributed by atoms with Crippen LogP contribution < -0.4 is 10.5 Å². The number of carbonyl (C=O) groups is 1. The minimum atomic E-state index is -3.82. The molecule has 10 heteroatoms. The zero-order chi connectivity index (χ0) is 21.0. The second-order valence-electron chi connectivity index (χ2n) is 6.70. The number of benzene rings is 2. The van der Waals surface area contributed by atoms with Crippen LogP contribution in [0.4, 0.5) is 5.69 Å². The van der Waals surface area contributed by atoms with Crippen molar-refractivity contribution in [1.29, 1.82) is 0 Å². The first-order valence-corrected chi connectivity index (χ1v) is 10.6. The minimum Gasteiger partial charge on any atom is -0.450 e. The van der Waals surface area contributed by atoms with Crippen molar-refractivity contribution in [2.75, 3.05) is 13.1 Å². The van der Waals surface area contributed by atoms with Gasteiger partial charge in [0.15, 0.2) is 0 Å². The van der Waals surface area contributed by atoms with Gasteiger partial charge in [-0.05, 0) is 49.2 Å². The van der Waals surface area contributed by atoms with E-state index in [0.29, 0.717) is 13.1 Å². The van der Waals surface area contributed by atoms with Gasteiger partial charge in [0, 0.05) is 24.7 Å². The standard InChI is InChI=1S/C19H21N3O6S/c20-19(23)14-5-7-15(8-6-14)28-18-10-9-16(13-17(18)22(24)25)29(26,27)21-11-3-1-2-4-12-21/h5-10,13H,1-4,11-12H2,(H2,20,23). The minimum absolute atomic E-state index is 0.100. The molecule has 0 saturated carbocycles. The normalized spacial score (nSPS) is 15.4. The van der Waals surface area contributed by atoms with Gasteiger partial charge in [0.1, 0.15) is 5.75 Å². The summed E-state index contributed by atoms with van der Waals surface area (Å²) >= 11 is 0. The number of ether oxygens (including phenoxy) is 1. The third-order valence-electron chi connectivity index (χ3n) is 4.70. The molecule has 154 valence electrons. The van der Waals surface area contributed by atoms with E-state index in [0.717, 1.165) is 31.7 Å². The highest BCUT2D eigenvalue weighted by molar-refractivity contribution is 7.89. The van der Waals surface area contributed by atoms with Crippen molar-refractivity contribution in [3.05, 3.63) is 58.1 Å². The highest BCUT2D eigenvalue weighted by Gasteiger charge is 2.28. The molecule has 2 aromatic carbocycles. The Kier molecular flexibility index (Phi) is 6.14. The van der Waals surface area contributed by atoms with Crippen LogP contribution in [0.15, 0.2) is 47.4 Å². The molecule has 1 aliphatic heterocycles. The number of nitrogens with zero attached hydrogens (tertiary/aromatic N) is 2. The summed E-state index contributed by atoms with van der Waals surface area (Å²) in [5.74, 6) is -0.455. The van der Waals surface area contributed by atoms with Gasteiger partial charge >= 0.3 is 5.69 Å². The Balaban J connectivity index is 1.90. The van der Waals surface area contributed by atoms with Crippen molar-refractivity contribution in [3.63, 3.8) is 0 Å². The molecule has 0 bridgehead atoms. The van der Waals surface area contributed by atoms with Crippen LogP contribution in [0.2, 0.25) is 0 Å². The van der Waals surface area contributed by atoms with Crippen molar-refractivity contribution in [3.8, 4) is 11.5 Å². The molecule has 1 aliphatic rings. The van der Waals surface area contributed by atoms with E-state index in [4.69, 9.17) is 10.5 Å². The van der Waals surface area contributed by atoms with Crippen molar-refractivity contribution in [2.45, 2.75) is 30.6 Å². The summed E-state index contributed by atoms with van der Waals surface area (Å²) in [6, 6.07) is 9.36. The van der Waals surface area contributed by atoms with E-state index in [2.05, 4.69) is 0 Å². The van der Waals surface area contributed by atoms with Gasteiger partial charge in [0.05, 0.1) is 9.82 Å². The second kappa shape index (κ2) is 8.58. The molecular formula is C19H21N3O6S. The number of hydrogen-bond donors (Lipinski definition) is 1. The number of nitrogens with two attached hydrogens (primary N) is 1. The first-order chi connectivity index (χ1) is 13.8. The number of carbonyl (C=O) groups excluding carboxylic acids is 1. The predicted octanol–water partition coefficient (Wildman–Crippen LogP) is 3.05. The van der Waals surface area contributed by atoms with Gasteiger partial charge in [-0.3, -0.25) is 14.9 Å². The van der Waals surface area contributed by atoms with Gasteiger partial charge in [0.25, 0.3) is 0 Å². The zero-order valence-electron chi connectivity index (χ0n) is 15.6. The molecule has 0 aromatic heterocycles. The third-order valence-corrected chi connectivity index (χ3v) is 6.59. The van der Waals surface area contributed by atoms with Gasteiger partial charge in [-0.15, -0.1) is 0 Å². The average molecular weight is 419 g/mol. The van der Waals surface area contributed by atoms with E-state index in [-0.39, 0.29) is 22.0 Å². The molecule has 0 unspecified atom stereocenters. The molecule has 1 saturated heterocycles. The van der Waals surface area contributed by atoms with Crippen LogP contribution in [0.1, 0.15) is 36.0 Å². The number of primary amides is 1. The average Bonchev–Trinajstić information content (AvgIpc) is 2.98. The Morgan fingerprint density at radius 3 is 2.21 bits per heavy atom. The maximum Gasteiger partial charge on any atom is 0.312 e. The lowest BCUT2D eigenvalue weighted by atomic mass is 10.2. The van der Waals surface area contributed by atoms with Crippen molar-refractivity contribution < 1.29 is 22.9 Å². The highest BCUT2D eigenvalue weighted by atomic mass is 32.2.